The Labute approximate surface area is 130 Å². The Morgan fingerprint density at radius 2 is 1.81 bits per heavy atom. The number of carbonyl (C=O) groups excluding carboxylic acids is 2. The zero-order chi connectivity index (χ0) is 15.2. The highest BCUT2D eigenvalue weighted by molar-refractivity contribution is 8.27. The average Bonchev–Trinajstić information content (AvgIpc) is 2.96. The van der Waals surface area contributed by atoms with Gasteiger partial charge in [-0.1, -0.05) is 23.5 Å². The lowest BCUT2D eigenvalue weighted by molar-refractivity contribution is -0.139. The average molecular weight is 323 g/mol. The largest absolute Gasteiger partial charge is 0.508 e. The number of phenolic OH excluding ortho intramolecular Hbond substituents is 1. The molecule has 2 N–H and O–H groups in total. The number of amides is 1. The van der Waals surface area contributed by atoms with E-state index < -0.39 is 11.9 Å². The molecule has 0 radical (unpaired) electrons. The molecule has 0 spiro atoms. The summed E-state index contributed by atoms with van der Waals surface area (Å²) in [5.41, 5.74) is 0.478. The molecule has 2 rings (SSSR count). The first-order valence-electron chi connectivity index (χ1n) is 6.12. The van der Waals surface area contributed by atoms with Gasteiger partial charge in [-0.2, -0.15) is 0 Å². The van der Waals surface area contributed by atoms with Gasteiger partial charge in [0.1, 0.15) is 11.3 Å². The molecule has 0 aliphatic carbocycles. The van der Waals surface area contributed by atoms with Gasteiger partial charge in [-0.15, -0.1) is 0 Å². The van der Waals surface area contributed by atoms with Gasteiger partial charge in [-0.05, 0) is 42.0 Å². The number of nitrogens with one attached hydrogen (secondary N) is 1. The predicted octanol–water partition coefficient (Wildman–Crippen LogP) is 3.06. The highest BCUT2D eigenvalue weighted by atomic mass is 32.2. The van der Waals surface area contributed by atoms with Gasteiger partial charge < -0.3 is 15.2 Å². The second kappa shape index (κ2) is 7.24. The van der Waals surface area contributed by atoms with Crippen LogP contribution in [-0.4, -0.2) is 23.6 Å². The molecule has 5 nitrogen and oxygen atoms in total. The molecule has 21 heavy (non-hydrogen) atoms. The van der Waals surface area contributed by atoms with E-state index in [0.717, 1.165) is 0 Å². The number of thioether (sulfide) groups is 2. The molecule has 1 amide bonds. The molecule has 7 heteroatoms. The van der Waals surface area contributed by atoms with Crippen LogP contribution in [0.5, 0.6) is 5.75 Å². The van der Waals surface area contributed by atoms with Crippen LogP contribution in [0.4, 0.5) is 5.69 Å². The fourth-order valence-corrected chi connectivity index (χ4v) is 3.37. The summed E-state index contributed by atoms with van der Waals surface area (Å²) in [4.78, 5) is 24.3. The van der Waals surface area contributed by atoms with E-state index in [1.807, 2.05) is 0 Å². The third kappa shape index (κ3) is 4.05. The zero-order valence-corrected chi connectivity index (χ0v) is 12.8. The minimum absolute atomic E-state index is 0.00933. The molecule has 1 aliphatic rings. The highest BCUT2D eigenvalue weighted by Crippen LogP contribution is 2.40. The minimum atomic E-state index is -0.646. The fraction of sp³-hybridized carbons (Fsp3) is 0.143. The lowest BCUT2D eigenvalue weighted by Gasteiger charge is -2.10. The maximum absolute atomic E-state index is 12.3. The van der Waals surface area contributed by atoms with Crippen molar-refractivity contribution in [3.63, 3.8) is 0 Å². The smallest absolute Gasteiger partial charge is 0.345 e. The maximum Gasteiger partial charge on any atom is 0.345 e. The summed E-state index contributed by atoms with van der Waals surface area (Å²) in [5.74, 6) is -1.08. The third-order valence-corrected chi connectivity index (χ3v) is 4.57. The van der Waals surface area contributed by atoms with Crippen molar-refractivity contribution in [3.05, 3.63) is 44.9 Å². The quantitative estimate of drug-likeness (QED) is 0.292. The van der Waals surface area contributed by atoms with E-state index in [9.17, 15) is 14.7 Å². The lowest BCUT2D eigenvalue weighted by atomic mass is 10.2. The Balaban J connectivity index is 2.20. The number of hydrogen-bond donors (Lipinski definition) is 2. The van der Waals surface area contributed by atoms with Gasteiger partial charge in [0.25, 0.3) is 5.91 Å². The van der Waals surface area contributed by atoms with E-state index in [0.29, 0.717) is 9.92 Å². The molecule has 0 unspecified atom stereocenters. The summed E-state index contributed by atoms with van der Waals surface area (Å²) in [6.45, 7) is 1.89. The second-order valence-corrected chi connectivity index (χ2v) is 5.98. The molecule has 1 aromatic rings. The van der Waals surface area contributed by atoms with Gasteiger partial charge in [-0.3, -0.25) is 4.79 Å². The van der Waals surface area contributed by atoms with Gasteiger partial charge in [0.15, 0.2) is 0 Å². The molecule has 0 saturated carbocycles. The van der Waals surface area contributed by atoms with Gasteiger partial charge in [0.2, 0.25) is 0 Å². The van der Waals surface area contributed by atoms with Crippen LogP contribution in [0.25, 0.3) is 0 Å². The second-order valence-electron chi connectivity index (χ2n) is 3.89. The minimum Gasteiger partial charge on any atom is -0.508 e. The maximum atomic E-state index is 12.3. The first-order valence-corrected chi connectivity index (χ1v) is 7.88. The number of carbonyl (C=O) groups is 2. The van der Waals surface area contributed by atoms with Gasteiger partial charge in [0.05, 0.1) is 10.8 Å². The molecular weight excluding hydrogens is 310 g/mol. The monoisotopic (exact) mass is 323 g/mol. The Morgan fingerprint density at radius 3 is 2.38 bits per heavy atom. The molecule has 1 heterocycles. The van der Waals surface area contributed by atoms with E-state index in [1.165, 1.54) is 35.7 Å². The van der Waals surface area contributed by atoms with E-state index in [1.54, 1.807) is 29.9 Å². The Bertz CT molecular complexity index is 598. The zero-order valence-electron chi connectivity index (χ0n) is 11.2. The van der Waals surface area contributed by atoms with Gasteiger partial charge in [0, 0.05) is 5.69 Å². The van der Waals surface area contributed by atoms with Crippen LogP contribution in [0.2, 0.25) is 0 Å². The number of hydrogen-bond acceptors (Lipinski definition) is 6. The molecule has 110 valence electrons. The van der Waals surface area contributed by atoms with Crippen molar-refractivity contribution in [1.29, 1.82) is 0 Å². The number of benzene rings is 1. The predicted molar refractivity (Wildman–Crippen MR) is 84.7 cm³/mol. The highest BCUT2D eigenvalue weighted by Gasteiger charge is 2.26. The topological polar surface area (TPSA) is 75.6 Å². The normalized spacial score (nSPS) is 13.1. The van der Waals surface area contributed by atoms with Gasteiger partial charge >= 0.3 is 5.97 Å². The summed E-state index contributed by atoms with van der Waals surface area (Å²) in [6.07, 6.45) is 0. The summed E-state index contributed by atoms with van der Waals surface area (Å²) in [6, 6.07) is 6.00. The number of esters is 1. The van der Waals surface area contributed by atoms with Crippen LogP contribution in [0.1, 0.15) is 6.92 Å². The van der Waals surface area contributed by atoms with Crippen molar-refractivity contribution >= 4 is 41.1 Å². The third-order valence-electron chi connectivity index (χ3n) is 2.44. The standard InChI is InChI=1S/C14H13NO4S2/c1-2-19-13(18)11(14-20-7-8-21-14)12(17)15-9-3-5-10(16)6-4-9/h3-8,16H,2H2,1H3,(H,15,17). The van der Waals surface area contributed by atoms with Crippen LogP contribution in [-0.2, 0) is 14.3 Å². The SMILES string of the molecule is CCOC(=O)C(C(=O)Nc1ccc(O)cc1)=C1SC=CS1. The Kier molecular flexibility index (Phi) is 5.35. The number of anilines is 1. The summed E-state index contributed by atoms with van der Waals surface area (Å²) < 4.78 is 5.53. The molecule has 0 aromatic heterocycles. The molecule has 0 saturated heterocycles. The first-order chi connectivity index (χ1) is 10.1. The van der Waals surface area contributed by atoms with E-state index >= 15 is 0 Å². The first kappa shape index (κ1) is 15.5. The van der Waals surface area contributed by atoms with Crippen molar-refractivity contribution in [2.75, 3.05) is 11.9 Å². The summed E-state index contributed by atoms with van der Waals surface area (Å²) >= 11 is 2.61. The molecule has 0 fully saturated rings. The van der Waals surface area contributed by atoms with Crippen LogP contribution < -0.4 is 5.32 Å². The van der Waals surface area contributed by atoms with Crippen LogP contribution in [0, 0.1) is 0 Å². The molecule has 0 atom stereocenters. The lowest BCUT2D eigenvalue weighted by Crippen LogP contribution is -2.23. The Morgan fingerprint density at radius 1 is 1.19 bits per heavy atom. The van der Waals surface area contributed by atoms with Crippen molar-refractivity contribution in [1.82, 2.24) is 0 Å². The summed E-state index contributed by atoms with van der Waals surface area (Å²) in [7, 11) is 0. The van der Waals surface area contributed by atoms with Gasteiger partial charge in [-0.25, -0.2) is 4.79 Å². The van der Waals surface area contributed by atoms with Crippen molar-refractivity contribution in [3.8, 4) is 5.75 Å². The Hall–Kier alpha value is -1.86. The van der Waals surface area contributed by atoms with Crippen molar-refractivity contribution < 1.29 is 19.4 Å². The van der Waals surface area contributed by atoms with Crippen molar-refractivity contribution in [2.24, 2.45) is 0 Å². The van der Waals surface area contributed by atoms with E-state index in [-0.39, 0.29) is 17.9 Å². The molecule has 1 aliphatic heterocycles. The molecular formula is C14H13NO4S2. The van der Waals surface area contributed by atoms with E-state index in [2.05, 4.69) is 5.32 Å². The number of phenols is 1. The van der Waals surface area contributed by atoms with E-state index in [4.69, 9.17) is 4.74 Å². The van der Waals surface area contributed by atoms with Crippen LogP contribution >= 0.6 is 23.5 Å². The number of aromatic hydroxyl groups is 1. The number of ether oxygens (including phenoxy) is 1. The molecule has 0 bridgehead atoms. The summed E-state index contributed by atoms with van der Waals surface area (Å²) in [5, 5.41) is 15.4. The van der Waals surface area contributed by atoms with Crippen LogP contribution in [0.15, 0.2) is 44.9 Å². The molecule has 1 aromatic carbocycles. The number of rotatable bonds is 4. The van der Waals surface area contributed by atoms with Crippen molar-refractivity contribution in [2.45, 2.75) is 6.92 Å². The van der Waals surface area contributed by atoms with Crippen LogP contribution in [0.3, 0.4) is 0 Å². The fourth-order valence-electron chi connectivity index (χ4n) is 1.54.